The smallest absolute Gasteiger partial charge is 0.328 e. The molecule has 3 fully saturated rings. The average Bonchev–Trinajstić information content (AvgIpc) is 3.18. The van der Waals surface area contributed by atoms with Crippen molar-refractivity contribution in [2.75, 3.05) is 20.2 Å². The molecule has 0 aromatic carbocycles. The SMILES string of the molecule is COC(=O)C1CC2CCCCC2N1C(=O)C1CCN(S(=O)(=O)c2cccnc2Cl)CC1. The summed E-state index contributed by atoms with van der Waals surface area (Å²) in [7, 11) is -2.41. The largest absolute Gasteiger partial charge is 0.467 e. The van der Waals surface area contributed by atoms with Gasteiger partial charge in [0.1, 0.15) is 16.1 Å². The van der Waals surface area contributed by atoms with Gasteiger partial charge in [0, 0.05) is 31.2 Å². The Morgan fingerprint density at radius 1 is 1.16 bits per heavy atom. The van der Waals surface area contributed by atoms with Crippen molar-refractivity contribution in [2.45, 2.75) is 61.9 Å². The summed E-state index contributed by atoms with van der Waals surface area (Å²) in [5.74, 6) is -0.353. The number of hydrogen-bond acceptors (Lipinski definition) is 6. The van der Waals surface area contributed by atoms with Gasteiger partial charge in [-0.2, -0.15) is 4.31 Å². The maximum atomic E-state index is 13.5. The Hall–Kier alpha value is -1.71. The van der Waals surface area contributed by atoms with Crippen LogP contribution in [0.25, 0.3) is 0 Å². The van der Waals surface area contributed by atoms with Crippen LogP contribution in [0.1, 0.15) is 44.9 Å². The molecular formula is C21H28ClN3O5S. The summed E-state index contributed by atoms with van der Waals surface area (Å²) in [5, 5.41) is -0.0537. The van der Waals surface area contributed by atoms with Gasteiger partial charge in [-0.3, -0.25) is 4.79 Å². The molecule has 1 saturated carbocycles. The zero-order valence-electron chi connectivity index (χ0n) is 17.6. The molecule has 2 saturated heterocycles. The van der Waals surface area contributed by atoms with E-state index in [1.54, 1.807) is 4.90 Å². The van der Waals surface area contributed by atoms with Crippen LogP contribution in [0, 0.1) is 11.8 Å². The number of amides is 1. The molecule has 3 aliphatic rings. The van der Waals surface area contributed by atoms with Crippen LogP contribution in [0.3, 0.4) is 0 Å². The number of ether oxygens (including phenoxy) is 1. The fraction of sp³-hybridized carbons (Fsp3) is 0.667. The number of aromatic nitrogens is 1. The van der Waals surface area contributed by atoms with Gasteiger partial charge in [0.2, 0.25) is 15.9 Å². The quantitative estimate of drug-likeness (QED) is 0.496. The lowest BCUT2D eigenvalue weighted by Gasteiger charge is -2.38. The number of fused-ring (bicyclic) bond motifs is 1. The molecule has 1 aliphatic carbocycles. The van der Waals surface area contributed by atoms with Crippen molar-refractivity contribution in [3.05, 3.63) is 23.5 Å². The van der Waals surface area contributed by atoms with Gasteiger partial charge in [0.25, 0.3) is 0 Å². The number of methoxy groups -OCH3 is 1. The number of pyridine rings is 1. The van der Waals surface area contributed by atoms with Gasteiger partial charge < -0.3 is 9.64 Å². The molecule has 31 heavy (non-hydrogen) atoms. The molecule has 1 amide bonds. The predicted octanol–water partition coefficient (Wildman–Crippen LogP) is 2.47. The number of sulfonamides is 1. The second kappa shape index (κ2) is 9.03. The molecule has 0 radical (unpaired) electrons. The van der Waals surface area contributed by atoms with Gasteiger partial charge in [0.05, 0.1) is 7.11 Å². The van der Waals surface area contributed by atoms with Crippen LogP contribution in [-0.2, 0) is 24.3 Å². The van der Waals surface area contributed by atoms with Crippen LogP contribution in [0.2, 0.25) is 5.15 Å². The number of carbonyl (C=O) groups excluding carboxylic acids is 2. The Balaban J connectivity index is 1.47. The highest BCUT2D eigenvalue weighted by molar-refractivity contribution is 7.89. The standard InChI is InChI=1S/C21H28ClN3O5S/c1-30-21(27)17-13-15-5-2-3-6-16(15)25(17)20(26)14-8-11-24(12-9-14)31(28,29)18-7-4-10-23-19(18)22/h4,7,10,14-17H,2-3,5-6,8-9,11-13H2,1H3. The maximum absolute atomic E-state index is 13.5. The first-order valence-corrected chi connectivity index (χ1v) is 12.7. The van der Waals surface area contributed by atoms with Crippen molar-refractivity contribution in [2.24, 2.45) is 11.8 Å². The lowest BCUT2D eigenvalue weighted by molar-refractivity contribution is -0.154. The molecule has 1 aromatic heterocycles. The van der Waals surface area contributed by atoms with Crippen molar-refractivity contribution in [1.82, 2.24) is 14.2 Å². The third-order valence-electron chi connectivity index (χ3n) is 6.96. The van der Waals surface area contributed by atoms with E-state index in [0.29, 0.717) is 25.2 Å². The van der Waals surface area contributed by atoms with Gasteiger partial charge in [-0.15, -0.1) is 0 Å². The van der Waals surface area contributed by atoms with Crippen LogP contribution in [0.15, 0.2) is 23.2 Å². The summed E-state index contributed by atoms with van der Waals surface area (Å²) in [6.45, 7) is 0.462. The highest BCUT2D eigenvalue weighted by Crippen LogP contribution is 2.41. The van der Waals surface area contributed by atoms with E-state index >= 15 is 0 Å². The lowest BCUT2D eigenvalue weighted by atomic mass is 9.84. The Labute approximate surface area is 187 Å². The molecule has 3 heterocycles. The zero-order valence-corrected chi connectivity index (χ0v) is 19.1. The number of nitrogens with zero attached hydrogens (tertiary/aromatic N) is 3. The molecule has 1 aromatic rings. The van der Waals surface area contributed by atoms with E-state index in [4.69, 9.17) is 16.3 Å². The molecule has 10 heteroatoms. The van der Waals surface area contributed by atoms with E-state index in [1.165, 1.54) is 29.7 Å². The Morgan fingerprint density at radius 2 is 1.87 bits per heavy atom. The van der Waals surface area contributed by atoms with Crippen molar-refractivity contribution < 1.29 is 22.7 Å². The Kier molecular flexibility index (Phi) is 6.55. The summed E-state index contributed by atoms with van der Waals surface area (Å²) in [6.07, 6.45) is 7.07. The van der Waals surface area contributed by atoms with Crippen LogP contribution in [0.5, 0.6) is 0 Å². The number of rotatable bonds is 4. The minimum absolute atomic E-state index is 0.0169. The molecule has 0 N–H and O–H groups in total. The minimum Gasteiger partial charge on any atom is -0.467 e. The monoisotopic (exact) mass is 469 g/mol. The number of piperidine rings is 1. The molecule has 8 nitrogen and oxygen atoms in total. The second-order valence-corrected chi connectivity index (χ2v) is 10.9. The van der Waals surface area contributed by atoms with E-state index in [-0.39, 0.29) is 47.0 Å². The van der Waals surface area contributed by atoms with E-state index in [2.05, 4.69) is 4.98 Å². The van der Waals surface area contributed by atoms with E-state index in [1.807, 2.05) is 0 Å². The second-order valence-electron chi connectivity index (χ2n) is 8.60. The number of halogens is 1. The first kappa shape index (κ1) is 22.5. The summed E-state index contributed by atoms with van der Waals surface area (Å²) >= 11 is 6.00. The highest BCUT2D eigenvalue weighted by Gasteiger charge is 2.49. The summed E-state index contributed by atoms with van der Waals surface area (Å²) in [4.78, 5) is 31.5. The molecule has 3 unspecified atom stereocenters. The fourth-order valence-corrected chi connectivity index (χ4v) is 7.28. The molecule has 4 rings (SSSR count). The van der Waals surface area contributed by atoms with Gasteiger partial charge in [-0.05, 0) is 50.2 Å². The van der Waals surface area contributed by atoms with Crippen LogP contribution >= 0.6 is 11.6 Å². The van der Waals surface area contributed by atoms with Crippen molar-refractivity contribution >= 4 is 33.5 Å². The van der Waals surface area contributed by atoms with E-state index in [0.717, 1.165) is 25.7 Å². The third-order valence-corrected chi connectivity index (χ3v) is 9.31. The Bertz CT molecular complexity index is 948. The molecular weight excluding hydrogens is 442 g/mol. The molecule has 2 aliphatic heterocycles. The number of hydrogen-bond donors (Lipinski definition) is 0. The van der Waals surface area contributed by atoms with E-state index < -0.39 is 16.1 Å². The first-order chi connectivity index (χ1) is 14.8. The summed E-state index contributed by atoms with van der Waals surface area (Å²) in [6, 6.07) is 2.54. The number of likely N-dealkylation sites (tertiary alicyclic amines) is 1. The topological polar surface area (TPSA) is 96.9 Å². The summed E-state index contributed by atoms with van der Waals surface area (Å²) < 4.78 is 32.3. The third kappa shape index (κ3) is 4.19. The number of esters is 1. The van der Waals surface area contributed by atoms with Gasteiger partial charge in [0.15, 0.2) is 0 Å². The van der Waals surface area contributed by atoms with Gasteiger partial charge in [-0.25, -0.2) is 18.2 Å². The summed E-state index contributed by atoms with van der Waals surface area (Å²) in [5.41, 5.74) is 0. The van der Waals surface area contributed by atoms with E-state index in [9.17, 15) is 18.0 Å². The van der Waals surface area contributed by atoms with Crippen molar-refractivity contribution in [3.63, 3.8) is 0 Å². The zero-order chi connectivity index (χ0) is 22.2. The molecule has 3 atom stereocenters. The van der Waals surface area contributed by atoms with Crippen molar-refractivity contribution in [3.8, 4) is 0 Å². The Morgan fingerprint density at radius 3 is 2.55 bits per heavy atom. The number of carbonyl (C=O) groups is 2. The predicted molar refractivity (Wildman–Crippen MR) is 114 cm³/mol. The van der Waals surface area contributed by atoms with Crippen LogP contribution in [0.4, 0.5) is 0 Å². The fourth-order valence-electron chi connectivity index (χ4n) is 5.38. The molecule has 170 valence electrons. The normalized spacial score (nSPS) is 27.7. The van der Waals surface area contributed by atoms with Crippen molar-refractivity contribution in [1.29, 1.82) is 0 Å². The highest BCUT2D eigenvalue weighted by atomic mass is 35.5. The van der Waals surface area contributed by atoms with Gasteiger partial charge in [-0.1, -0.05) is 24.4 Å². The van der Waals surface area contributed by atoms with Crippen LogP contribution in [-0.4, -0.2) is 66.8 Å². The molecule has 0 bridgehead atoms. The van der Waals surface area contributed by atoms with Crippen LogP contribution < -0.4 is 0 Å². The lowest BCUT2D eigenvalue weighted by Crippen LogP contribution is -2.51. The van der Waals surface area contributed by atoms with Gasteiger partial charge >= 0.3 is 5.97 Å². The maximum Gasteiger partial charge on any atom is 0.328 e. The average molecular weight is 470 g/mol. The molecule has 0 spiro atoms. The first-order valence-electron chi connectivity index (χ1n) is 10.8. The minimum atomic E-state index is -3.77.